The second-order valence-electron chi connectivity index (χ2n) is 5.96. The number of aryl methyl sites for hydroxylation is 1. The molecule has 3 aromatic carbocycles. The highest BCUT2D eigenvalue weighted by atomic mass is 32.2. The van der Waals surface area contributed by atoms with Crippen molar-refractivity contribution in [2.24, 2.45) is 0 Å². The summed E-state index contributed by atoms with van der Waals surface area (Å²) in [5.41, 5.74) is 2.52. The molecule has 0 unspecified atom stereocenters. The molecule has 0 saturated heterocycles. The van der Waals surface area contributed by atoms with Crippen LogP contribution >= 0.6 is 0 Å². The Hall–Kier alpha value is -3.19. The summed E-state index contributed by atoms with van der Waals surface area (Å²) in [7, 11) is -3.75. The predicted octanol–water partition coefficient (Wildman–Crippen LogP) is 4.63. The van der Waals surface area contributed by atoms with Crippen molar-refractivity contribution in [2.45, 2.75) is 18.2 Å². The van der Waals surface area contributed by atoms with Crippen molar-refractivity contribution in [1.82, 2.24) is 0 Å². The lowest BCUT2D eigenvalue weighted by molar-refractivity contribution is -0.384. The van der Waals surface area contributed by atoms with Crippen molar-refractivity contribution in [3.8, 4) is 11.1 Å². The highest BCUT2D eigenvalue weighted by Gasteiger charge is 2.17. The van der Waals surface area contributed by atoms with E-state index in [2.05, 4.69) is 4.72 Å². The van der Waals surface area contributed by atoms with Gasteiger partial charge in [-0.25, -0.2) is 8.42 Å². The molecule has 0 saturated carbocycles. The van der Waals surface area contributed by atoms with E-state index in [0.29, 0.717) is 16.8 Å². The summed E-state index contributed by atoms with van der Waals surface area (Å²) in [6, 6.07) is 19.6. The molecule has 138 valence electrons. The third-order valence-electron chi connectivity index (χ3n) is 4.16. The van der Waals surface area contributed by atoms with Gasteiger partial charge in [0.1, 0.15) is 0 Å². The average Bonchev–Trinajstić information content (AvgIpc) is 2.68. The van der Waals surface area contributed by atoms with E-state index in [-0.39, 0.29) is 10.6 Å². The van der Waals surface area contributed by atoms with Gasteiger partial charge in [-0.1, -0.05) is 43.3 Å². The van der Waals surface area contributed by atoms with Gasteiger partial charge in [-0.3, -0.25) is 14.8 Å². The van der Waals surface area contributed by atoms with Gasteiger partial charge in [0, 0.05) is 11.8 Å². The molecule has 0 fully saturated rings. The molecule has 0 aromatic heterocycles. The molecule has 7 heteroatoms. The first kappa shape index (κ1) is 18.6. The zero-order valence-corrected chi connectivity index (χ0v) is 15.4. The van der Waals surface area contributed by atoms with Crippen LogP contribution in [0.1, 0.15) is 12.5 Å². The van der Waals surface area contributed by atoms with E-state index in [4.69, 9.17) is 0 Å². The zero-order chi connectivity index (χ0) is 19.4. The molecule has 0 bridgehead atoms. The number of rotatable bonds is 6. The van der Waals surface area contributed by atoms with Crippen molar-refractivity contribution in [3.63, 3.8) is 0 Å². The Kier molecular flexibility index (Phi) is 5.23. The van der Waals surface area contributed by atoms with Gasteiger partial charge in [0.25, 0.3) is 15.7 Å². The third-order valence-corrected chi connectivity index (χ3v) is 5.56. The van der Waals surface area contributed by atoms with Crippen LogP contribution in [0.3, 0.4) is 0 Å². The molecule has 6 nitrogen and oxygen atoms in total. The van der Waals surface area contributed by atoms with Crippen LogP contribution in [0.2, 0.25) is 0 Å². The lowest BCUT2D eigenvalue weighted by Crippen LogP contribution is -2.13. The third kappa shape index (κ3) is 4.15. The Balaban J connectivity index is 1.89. The van der Waals surface area contributed by atoms with Crippen molar-refractivity contribution in [3.05, 3.63) is 88.5 Å². The van der Waals surface area contributed by atoms with Crippen LogP contribution in [0.25, 0.3) is 11.1 Å². The standard InChI is InChI=1S/C20H18N2O4S/c1-2-15-6-5-7-17(14-15)21-27(25,26)18-12-10-16(11-13-18)19-8-3-4-9-20(19)22(23)24/h3-14,21H,2H2,1H3. The van der Waals surface area contributed by atoms with Crippen molar-refractivity contribution < 1.29 is 13.3 Å². The number of nitro groups is 1. The van der Waals surface area contributed by atoms with Crippen LogP contribution in [0, 0.1) is 10.1 Å². The van der Waals surface area contributed by atoms with E-state index in [1.165, 1.54) is 18.2 Å². The van der Waals surface area contributed by atoms with Gasteiger partial charge >= 0.3 is 0 Å². The molecule has 0 aliphatic carbocycles. The van der Waals surface area contributed by atoms with Gasteiger partial charge in [0.2, 0.25) is 0 Å². The fourth-order valence-corrected chi connectivity index (χ4v) is 3.81. The second kappa shape index (κ2) is 7.59. The molecule has 0 heterocycles. The Morgan fingerprint density at radius 1 is 0.963 bits per heavy atom. The molecule has 3 rings (SSSR count). The number of nitrogens with zero attached hydrogens (tertiary/aromatic N) is 1. The molecule has 0 radical (unpaired) electrons. The molecule has 3 aromatic rings. The summed E-state index contributed by atoms with van der Waals surface area (Å²) in [6.07, 6.45) is 0.806. The topological polar surface area (TPSA) is 89.3 Å². The molecule has 0 atom stereocenters. The van der Waals surface area contributed by atoms with Crippen molar-refractivity contribution in [2.75, 3.05) is 4.72 Å². The van der Waals surface area contributed by atoms with Crippen LogP contribution in [-0.4, -0.2) is 13.3 Å². The fraction of sp³-hybridized carbons (Fsp3) is 0.100. The summed E-state index contributed by atoms with van der Waals surface area (Å²) in [6.45, 7) is 2.00. The smallest absolute Gasteiger partial charge is 0.277 e. The van der Waals surface area contributed by atoms with Gasteiger partial charge in [0.15, 0.2) is 0 Å². The Morgan fingerprint density at radius 3 is 2.33 bits per heavy atom. The summed E-state index contributed by atoms with van der Waals surface area (Å²) >= 11 is 0. The second-order valence-corrected chi connectivity index (χ2v) is 7.64. The maximum Gasteiger partial charge on any atom is 0.277 e. The number of benzene rings is 3. The minimum absolute atomic E-state index is 0.0254. The fourth-order valence-electron chi connectivity index (χ4n) is 2.76. The van der Waals surface area contributed by atoms with Crippen molar-refractivity contribution in [1.29, 1.82) is 0 Å². The minimum Gasteiger partial charge on any atom is -0.280 e. The zero-order valence-electron chi connectivity index (χ0n) is 14.6. The quantitative estimate of drug-likeness (QED) is 0.497. The van der Waals surface area contributed by atoms with Gasteiger partial charge in [-0.05, 0) is 47.9 Å². The monoisotopic (exact) mass is 382 g/mol. The summed E-state index contributed by atoms with van der Waals surface area (Å²) in [5.74, 6) is 0. The van der Waals surface area contributed by atoms with Crippen LogP contribution in [-0.2, 0) is 16.4 Å². The van der Waals surface area contributed by atoms with Crippen LogP contribution < -0.4 is 4.72 Å². The predicted molar refractivity (Wildman–Crippen MR) is 105 cm³/mol. The first-order valence-electron chi connectivity index (χ1n) is 8.36. The highest BCUT2D eigenvalue weighted by molar-refractivity contribution is 7.92. The maximum atomic E-state index is 12.6. The van der Waals surface area contributed by atoms with Crippen LogP contribution in [0.4, 0.5) is 11.4 Å². The van der Waals surface area contributed by atoms with Gasteiger partial charge < -0.3 is 0 Å². The summed E-state index contributed by atoms with van der Waals surface area (Å²) < 4.78 is 27.8. The number of sulfonamides is 1. The van der Waals surface area contributed by atoms with Crippen LogP contribution in [0.5, 0.6) is 0 Å². The summed E-state index contributed by atoms with van der Waals surface area (Å²) in [5, 5.41) is 11.2. The van der Waals surface area contributed by atoms with Gasteiger partial charge in [0.05, 0.1) is 15.4 Å². The molecule has 0 amide bonds. The van der Waals surface area contributed by atoms with Crippen LogP contribution in [0.15, 0.2) is 77.7 Å². The minimum atomic E-state index is -3.75. The first-order chi connectivity index (χ1) is 12.9. The van der Waals surface area contributed by atoms with E-state index >= 15 is 0 Å². The highest BCUT2D eigenvalue weighted by Crippen LogP contribution is 2.30. The molecule has 0 spiro atoms. The van der Waals surface area contributed by atoms with E-state index in [9.17, 15) is 18.5 Å². The van der Waals surface area contributed by atoms with E-state index in [1.54, 1.807) is 48.5 Å². The number of hydrogen-bond donors (Lipinski definition) is 1. The lowest BCUT2D eigenvalue weighted by Gasteiger charge is -2.10. The lowest BCUT2D eigenvalue weighted by atomic mass is 10.0. The largest absolute Gasteiger partial charge is 0.280 e. The van der Waals surface area contributed by atoms with Gasteiger partial charge in [-0.15, -0.1) is 0 Å². The number of para-hydroxylation sites is 1. The van der Waals surface area contributed by atoms with E-state index in [1.807, 2.05) is 13.0 Å². The number of hydrogen-bond acceptors (Lipinski definition) is 4. The number of nitro benzene ring substituents is 1. The molecule has 0 aliphatic heterocycles. The summed E-state index contributed by atoms with van der Waals surface area (Å²) in [4.78, 5) is 10.8. The van der Waals surface area contributed by atoms with Gasteiger partial charge in [-0.2, -0.15) is 0 Å². The molecule has 27 heavy (non-hydrogen) atoms. The Bertz CT molecular complexity index is 1080. The SMILES string of the molecule is CCc1cccc(NS(=O)(=O)c2ccc(-c3ccccc3[N+](=O)[O-])cc2)c1. The van der Waals surface area contributed by atoms with E-state index < -0.39 is 14.9 Å². The average molecular weight is 382 g/mol. The maximum absolute atomic E-state index is 12.6. The number of nitrogens with one attached hydrogen (secondary N) is 1. The number of anilines is 1. The molecule has 0 aliphatic rings. The Morgan fingerprint density at radius 2 is 1.67 bits per heavy atom. The molecule has 1 N–H and O–H groups in total. The Labute approximate surface area is 157 Å². The first-order valence-corrected chi connectivity index (χ1v) is 9.84. The molecular formula is C20H18N2O4S. The van der Waals surface area contributed by atoms with Crippen molar-refractivity contribution >= 4 is 21.4 Å². The normalized spacial score (nSPS) is 11.1. The van der Waals surface area contributed by atoms with E-state index in [0.717, 1.165) is 12.0 Å². The molecular weight excluding hydrogens is 364 g/mol.